The van der Waals surface area contributed by atoms with Crippen molar-refractivity contribution in [3.8, 4) is 11.8 Å². The Balaban J connectivity index is 2.95. The molecule has 0 aliphatic rings. The largest absolute Gasteiger partial charge is 0.395 e. The normalized spacial score (nSPS) is 9.83. The number of aryl methyl sites for hydroxylation is 1. The Bertz CT molecular complexity index is 484. The molecule has 0 bridgehead atoms. The van der Waals surface area contributed by atoms with Gasteiger partial charge in [-0.1, -0.05) is 17.9 Å². The third-order valence-corrected chi connectivity index (χ3v) is 2.28. The van der Waals surface area contributed by atoms with Gasteiger partial charge in [-0.25, -0.2) is 5.01 Å². The van der Waals surface area contributed by atoms with Gasteiger partial charge in [0.15, 0.2) is 0 Å². The van der Waals surface area contributed by atoms with Crippen molar-refractivity contribution in [2.24, 2.45) is 0 Å². The lowest BCUT2D eigenvalue weighted by Gasteiger charge is -2.13. The molecule has 18 heavy (non-hydrogen) atoms. The Labute approximate surface area is 108 Å². The van der Waals surface area contributed by atoms with Crippen molar-refractivity contribution in [3.05, 3.63) is 34.9 Å². The number of carbonyl (C=O) groups is 1. The van der Waals surface area contributed by atoms with Crippen LogP contribution in [0.2, 0.25) is 0 Å². The number of hydrogen-bond acceptors (Lipinski definition) is 3. The van der Waals surface area contributed by atoms with Crippen molar-refractivity contribution < 1.29 is 9.90 Å². The Morgan fingerprint density at radius 1 is 1.44 bits per heavy atom. The first-order valence-corrected chi connectivity index (χ1v) is 5.73. The second-order valence-electron chi connectivity index (χ2n) is 4.14. The zero-order valence-electron chi connectivity index (χ0n) is 10.9. The van der Waals surface area contributed by atoms with E-state index in [2.05, 4.69) is 17.3 Å². The molecule has 1 aromatic rings. The van der Waals surface area contributed by atoms with Crippen LogP contribution >= 0.6 is 0 Å². The quantitative estimate of drug-likeness (QED) is 0.616. The molecule has 0 fully saturated rings. The molecule has 1 aromatic carbocycles. The predicted molar refractivity (Wildman–Crippen MR) is 70.9 cm³/mol. The van der Waals surface area contributed by atoms with E-state index in [1.807, 2.05) is 19.1 Å². The van der Waals surface area contributed by atoms with Gasteiger partial charge in [0.05, 0.1) is 6.61 Å². The van der Waals surface area contributed by atoms with Crippen LogP contribution < -0.4 is 5.43 Å². The maximum atomic E-state index is 11.9. The number of rotatable bonds is 3. The zero-order chi connectivity index (χ0) is 13.5. The van der Waals surface area contributed by atoms with Crippen LogP contribution in [0.5, 0.6) is 0 Å². The van der Waals surface area contributed by atoms with Gasteiger partial charge in [-0.15, -0.1) is 0 Å². The summed E-state index contributed by atoms with van der Waals surface area (Å²) in [5, 5.41) is 10.3. The van der Waals surface area contributed by atoms with Crippen molar-refractivity contribution in [2.75, 3.05) is 20.7 Å². The lowest BCUT2D eigenvalue weighted by atomic mass is 10.0. The Morgan fingerprint density at radius 3 is 2.78 bits per heavy atom. The van der Waals surface area contributed by atoms with E-state index in [4.69, 9.17) is 5.11 Å². The van der Waals surface area contributed by atoms with Gasteiger partial charge >= 0.3 is 0 Å². The van der Waals surface area contributed by atoms with E-state index in [1.54, 1.807) is 25.2 Å². The summed E-state index contributed by atoms with van der Waals surface area (Å²) in [4.78, 5) is 11.9. The molecule has 0 atom stereocenters. The molecule has 0 unspecified atom stereocenters. The lowest BCUT2D eigenvalue weighted by Crippen LogP contribution is -2.36. The molecule has 0 aromatic heterocycles. The Kier molecular flexibility index (Phi) is 5.37. The number of hydrogen-bond donors (Lipinski definition) is 2. The van der Waals surface area contributed by atoms with Crippen LogP contribution in [0.1, 0.15) is 27.9 Å². The summed E-state index contributed by atoms with van der Waals surface area (Å²) in [6.45, 7) is 1.93. The third kappa shape index (κ3) is 4.21. The van der Waals surface area contributed by atoms with Gasteiger partial charge in [-0.05, 0) is 24.6 Å². The molecule has 0 saturated heterocycles. The third-order valence-electron chi connectivity index (χ3n) is 2.28. The number of carbonyl (C=O) groups excluding carboxylic acids is 1. The van der Waals surface area contributed by atoms with Gasteiger partial charge in [-0.3, -0.25) is 10.2 Å². The van der Waals surface area contributed by atoms with Gasteiger partial charge in [0, 0.05) is 31.6 Å². The molecule has 0 aliphatic carbocycles. The number of nitrogens with one attached hydrogen (secondary N) is 1. The van der Waals surface area contributed by atoms with E-state index in [0.29, 0.717) is 12.0 Å². The molecule has 4 nitrogen and oxygen atoms in total. The van der Waals surface area contributed by atoms with Crippen LogP contribution in [-0.4, -0.2) is 36.7 Å². The minimum absolute atomic E-state index is 0.0484. The summed E-state index contributed by atoms with van der Waals surface area (Å²) < 4.78 is 0. The molecule has 1 rings (SSSR count). The van der Waals surface area contributed by atoms with E-state index < -0.39 is 0 Å². The smallest absolute Gasteiger partial charge is 0.265 e. The van der Waals surface area contributed by atoms with E-state index in [-0.39, 0.29) is 12.5 Å². The van der Waals surface area contributed by atoms with E-state index in [9.17, 15) is 4.79 Å². The summed E-state index contributed by atoms with van der Waals surface area (Å²) in [5.41, 5.74) is 4.99. The number of nitrogens with zero attached hydrogens (tertiary/aromatic N) is 1. The van der Waals surface area contributed by atoms with Crippen LogP contribution in [0.3, 0.4) is 0 Å². The minimum atomic E-state index is -0.150. The van der Waals surface area contributed by atoms with Crippen LogP contribution in [0, 0.1) is 18.8 Å². The monoisotopic (exact) mass is 246 g/mol. The predicted octanol–water partition coefficient (Wildman–Crippen LogP) is 0.935. The van der Waals surface area contributed by atoms with Crippen LogP contribution in [0.25, 0.3) is 0 Å². The summed E-state index contributed by atoms with van der Waals surface area (Å²) in [7, 11) is 3.52. The average Bonchev–Trinajstić information content (AvgIpc) is 2.30. The van der Waals surface area contributed by atoms with Crippen molar-refractivity contribution in [1.82, 2.24) is 10.4 Å². The Morgan fingerprint density at radius 2 is 2.17 bits per heavy atom. The molecular weight excluding hydrogens is 228 g/mol. The van der Waals surface area contributed by atoms with Crippen molar-refractivity contribution >= 4 is 5.91 Å². The number of hydrazine groups is 1. The zero-order valence-corrected chi connectivity index (χ0v) is 10.9. The van der Waals surface area contributed by atoms with Gasteiger partial charge in [0.1, 0.15) is 0 Å². The van der Waals surface area contributed by atoms with E-state index >= 15 is 0 Å². The van der Waals surface area contributed by atoms with Crippen molar-refractivity contribution in [2.45, 2.75) is 13.3 Å². The van der Waals surface area contributed by atoms with Crippen molar-refractivity contribution in [3.63, 3.8) is 0 Å². The molecule has 0 aliphatic heterocycles. The van der Waals surface area contributed by atoms with Crippen molar-refractivity contribution in [1.29, 1.82) is 0 Å². The lowest BCUT2D eigenvalue weighted by molar-refractivity contribution is 0.0856. The molecule has 1 amide bonds. The SMILES string of the molecule is Cc1ccc(C#CCCO)cc1C(=O)NN(C)C. The topological polar surface area (TPSA) is 52.6 Å². The van der Waals surface area contributed by atoms with Crippen LogP contribution in [0.4, 0.5) is 0 Å². The maximum Gasteiger partial charge on any atom is 0.265 e. The minimum Gasteiger partial charge on any atom is -0.395 e. The highest BCUT2D eigenvalue weighted by molar-refractivity contribution is 5.95. The fourth-order valence-corrected chi connectivity index (χ4v) is 1.43. The first kappa shape index (κ1) is 14.2. The Hall–Kier alpha value is -1.83. The second-order valence-corrected chi connectivity index (χ2v) is 4.14. The fraction of sp³-hybridized carbons (Fsp3) is 0.357. The highest BCUT2D eigenvalue weighted by atomic mass is 16.2. The molecule has 0 spiro atoms. The standard InChI is InChI=1S/C14H18N2O2/c1-11-7-8-12(6-4-5-9-17)10-13(11)14(18)15-16(2)3/h7-8,10,17H,5,9H2,1-3H3,(H,15,18). The highest BCUT2D eigenvalue weighted by Gasteiger charge is 2.09. The number of amides is 1. The summed E-state index contributed by atoms with van der Waals surface area (Å²) >= 11 is 0. The molecular formula is C14H18N2O2. The van der Waals surface area contributed by atoms with E-state index in [0.717, 1.165) is 11.1 Å². The average molecular weight is 246 g/mol. The molecule has 2 N–H and O–H groups in total. The summed E-state index contributed by atoms with van der Waals surface area (Å²) in [5.74, 6) is 5.60. The first-order chi connectivity index (χ1) is 8.54. The molecule has 0 saturated carbocycles. The van der Waals surface area contributed by atoms with Gasteiger partial charge in [0.2, 0.25) is 0 Å². The summed E-state index contributed by atoms with van der Waals surface area (Å²) in [6, 6.07) is 5.50. The van der Waals surface area contributed by atoms with Gasteiger partial charge in [0.25, 0.3) is 5.91 Å². The number of aliphatic hydroxyl groups is 1. The van der Waals surface area contributed by atoms with Gasteiger partial charge < -0.3 is 5.11 Å². The molecule has 4 heteroatoms. The van der Waals surface area contributed by atoms with E-state index in [1.165, 1.54) is 0 Å². The highest BCUT2D eigenvalue weighted by Crippen LogP contribution is 2.10. The number of benzene rings is 1. The second kappa shape index (κ2) is 6.80. The van der Waals surface area contributed by atoms with Gasteiger partial charge in [-0.2, -0.15) is 0 Å². The van der Waals surface area contributed by atoms with Crippen LogP contribution in [-0.2, 0) is 0 Å². The molecule has 0 radical (unpaired) electrons. The summed E-state index contributed by atoms with van der Waals surface area (Å²) in [6.07, 6.45) is 0.438. The first-order valence-electron chi connectivity index (χ1n) is 5.73. The maximum absolute atomic E-state index is 11.9. The number of aliphatic hydroxyl groups excluding tert-OH is 1. The van der Waals surface area contributed by atoms with Crippen LogP contribution in [0.15, 0.2) is 18.2 Å². The molecule has 0 heterocycles. The molecule has 96 valence electrons. The fourth-order valence-electron chi connectivity index (χ4n) is 1.43.